The van der Waals surface area contributed by atoms with Gasteiger partial charge in [-0.1, -0.05) is 101 Å². The first-order valence-electron chi connectivity index (χ1n) is 14.5. The Hall–Kier alpha value is -2.60. The van der Waals surface area contributed by atoms with Crippen molar-refractivity contribution in [2.75, 3.05) is 12.5 Å². The quantitative estimate of drug-likeness (QED) is 0.118. The molecule has 216 valence electrons. The normalized spacial score (nSPS) is 14.4. The summed E-state index contributed by atoms with van der Waals surface area (Å²) in [6, 6.07) is 18.3. The average Bonchev–Trinajstić information content (AvgIpc) is 3.45. The first-order valence-corrected chi connectivity index (χ1v) is 17.1. The van der Waals surface area contributed by atoms with Gasteiger partial charge in [0, 0.05) is 23.5 Å². The first-order chi connectivity index (χ1) is 19.5. The summed E-state index contributed by atoms with van der Waals surface area (Å²) < 4.78 is 30.1. The zero-order valence-electron chi connectivity index (χ0n) is 23.5. The number of fused-ring (bicyclic) bond motifs is 1. The lowest BCUT2D eigenvalue weighted by Crippen LogP contribution is -2.12. The minimum absolute atomic E-state index is 0.281. The molecule has 0 saturated heterocycles. The van der Waals surface area contributed by atoms with E-state index in [4.69, 9.17) is 13.8 Å². The molecule has 1 aliphatic rings. The van der Waals surface area contributed by atoms with Crippen molar-refractivity contribution < 1.29 is 23.2 Å². The smallest absolute Gasteiger partial charge is 0.493 e. The van der Waals surface area contributed by atoms with E-state index >= 15 is 0 Å². The van der Waals surface area contributed by atoms with Gasteiger partial charge < -0.3 is 18.7 Å². The third-order valence-corrected chi connectivity index (χ3v) is 8.59. The van der Waals surface area contributed by atoms with Gasteiger partial charge in [0.05, 0.1) is 12.5 Å². The van der Waals surface area contributed by atoms with E-state index < -0.39 is 7.82 Å². The van der Waals surface area contributed by atoms with Crippen molar-refractivity contribution in [3.63, 3.8) is 0 Å². The number of phosphoric acid groups is 1. The van der Waals surface area contributed by atoms with Crippen LogP contribution in [0.1, 0.15) is 76.7 Å². The number of nitrogens with zero attached hydrogens (tertiary/aromatic N) is 1. The predicted molar refractivity (Wildman–Crippen MR) is 166 cm³/mol. The summed E-state index contributed by atoms with van der Waals surface area (Å²) in [5.74, 6) is 2.20. The number of thioether (sulfide) groups is 1. The molecule has 3 aromatic carbocycles. The van der Waals surface area contributed by atoms with Crippen molar-refractivity contribution in [2.24, 2.45) is 0 Å². The van der Waals surface area contributed by atoms with E-state index in [0.29, 0.717) is 24.3 Å². The van der Waals surface area contributed by atoms with Crippen LogP contribution in [0.4, 0.5) is 0 Å². The van der Waals surface area contributed by atoms with Gasteiger partial charge in [0.1, 0.15) is 17.2 Å². The number of rotatable bonds is 18. The van der Waals surface area contributed by atoms with E-state index in [-0.39, 0.29) is 5.75 Å². The molecule has 40 heavy (non-hydrogen) atoms. The lowest BCUT2D eigenvalue weighted by molar-refractivity contribution is 0.291. The molecule has 1 heterocycles. The van der Waals surface area contributed by atoms with Gasteiger partial charge in [-0.3, -0.25) is 4.89 Å². The molecule has 1 aliphatic heterocycles. The molecule has 0 fully saturated rings. The van der Waals surface area contributed by atoms with Gasteiger partial charge in [-0.2, -0.15) is 0 Å². The lowest BCUT2D eigenvalue weighted by Gasteiger charge is -2.18. The predicted octanol–water partition coefficient (Wildman–Crippen LogP) is 9.68. The molecule has 0 spiro atoms. The zero-order valence-corrected chi connectivity index (χ0v) is 25.2. The minimum atomic E-state index is -4.43. The third kappa shape index (κ3) is 9.79. The van der Waals surface area contributed by atoms with Gasteiger partial charge in [-0.05, 0) is 41.7 Å². The van der Waals surface area contributed by atoms with Crippen LogP contribution in [0.5, 0.6) is 17.2 Å². The molecular weight excluding hydrogens is 541 g/mol. The lowest BCUT2D eigenvalue weighted by atomic mass is 10.1. The van der Waals surface area contributed by atoms with Crippen LogP contribution in [0.25, 0.3) is 10.8 Å². The van der Waals surface area contributed by atoms with Crippen LogP contribution in [0.3, 0.4) is 0 Å². The van der Waals surface area contributed by atoms with Gasteiger partial charge in [-0.15, -0.1) is 11.8 Å². The van der Waals surface area contributed by atoms with Crippen LogP contribution in [0, 0.1) is 0 Å². The maximum Gasteiger partial charge on any atom is 0.584 e. The molecule has 8 heteroatoms. The summed E-state index contributed by atoms with van der Waals surface area (Å²) in [6.45, 7) is 3.60. The number of hydrogen-bond acceptors (Lipinski definition) is 6. The van der Waals surface area contributed by atoms with Crippen molar-refractivity contribution in [3.8, 4) is 17.2 Å². The first kappa shape index (κ1) is 30.4. The van der Waals surface area contributed by atoms with Gasteiger partial charge in [0.2, 0.25) is 0 Å². The molecule has 4 rings (SSSR count). The SMILES string of the molecule is CCCCCCCCCCCCOc1cccc2c(OP(=O)(O)Oc3cccc(CN4C=CSC4)c3)cccc12. The molecule has 0 radical (unpaired) electrons. The number of ether oxygens (including phenoxy) is 1. The topological polar surface area (TPSA) is 68.2 Å². The molecule has 1 unspecified atom stereocenters. The van der Waals surface area contributed by atoms with E-state index in [9.17, 15) is 9.46 Å². The summed E-state index contributed by atoms with van der Waals surface area (Å²) in [7, 11) is -4.43. The summed E-state index contributed by atoms with van der Waals surface area (Å²) >= 11 is 1.73. The fourth-order valence-corrected chi connectivity index (χ4v) is 6.39. The minimum Gasteiger partial charge on any atom is -0.493 e. The van der Waals surface area contributed by atoms with Gasteiger partial charge in [0.15, 0.2) is 0 Å². The molecule has 0 aromatic heterocycles. The van der Waals surface area contributed by atoms with Crippen molar-refractivity contribution in [1.82, 2.24) is 4.90 Å². The Morgan fingerprint density at radius 2 is 1.48 bits per heavy atom. The molecule has 1 N–H and O–H groups in total. The Balaban J connectivity index is 1.28. The maximum atomic E-state index is 13.0. The molecule has 0 saturated carbocycles. The monoisotopic (exact) mass is 583 g/mol. The standard InChI is InChI=1S/C32H42NO5PS/c1-2-3-4-5-6-7-8-9-10-11-22-36-31-19-13-18-30-29(31)17-14-20-32(30)38-39(34,35)37-28-16-12-15-27(24-28)25-33-21-23-40-26-33/h12-21,23-24H,2-11,22,25-26H2,1H3,(H,34,35). The second kappa shape index (κ2) is 16.0. The van der Waals surface area contributed by atoms with Crippen LogP contribution in [-0.4, -0.2) is 22.3 Å². The summed E-state index contributed by atoms with van der Waals surface area (Å²) in [5, 5.41) is 3.59. The van der Waals surface area contributed by atoms with E-state index in [1.807, 2.05) is 42.6 Å². The van der Waals surface area contributed by atoms with Crippen LogP contribution in [0.2, 0.25) is 0 Å². The van der Waals surface area contributed by atoms with Gasteiger partial charge >= 0.3 is 7.82 Å². The zero-order chi connectivity index (χ0) is 28.0. The van der Waals surface area contributed by atoms with Crippen molar-refractivity contribution in [1.29, 1.82) is 0 Å². The number of phosphoric ester groups is 1. The maximum absolute atomic E-state index is 13.0. The van der Waals surface area contributed by atoms with E-state index in [1.54, 1.807) is 36.0 Å². The fraction of sp³-hybridized carbons (Fsp3) is 0.438. The molecule has 0 aliphatic carbocycles. The molecule has 6 nitrogen and oxygen atoms in total. The average molecular weight is 584 g/mol. The van der Waals surface area contributed by atoms with E-state index in [0.717, 1.165) is 35.4 Å². The third-order valence-electron chi connectivity index (χ3n) is 6.92. The Morgan fingerprint density at radius 3 is 2.17 bits per heavy atom. The highest BCUT2D eigenvalue weighted by molar-refractivity contribution is 8.02. The van der Waals surface area contributed by atoms with Crippen LogP contribution in [0.15, 0.2) is 72.3 Å². The number of hydrogen-bond donors (Lipinski definition) is 1. The highest BCUT2D eigenvalue weighted by Crippen LogP contribution is 2.47. The van der Waals surface area contributed by atoms with Crippen LogP contribution < -0.4 is 13.8 Å². The summed E-state index contributed by atoms with van der Waals surface area (Å²) in [6.07, 6.45) is 14.8. The van der Waals surface area contributed by atoms with Crippen molar-refractivity contribution in [3.05, 3.63) is 77.8 Å². The molecule has 3 aromatic rings. The number of benzene rings is 3. The number of unbranched alkanes of at least 4 members (excludes halogenated alkanes) is 9. The second-order valence-corrected chi connectivity index (χ2v) is 12.4. The van der Waals surface area contributed by atoms with Crippen LogP contribution >= 0.6 is 19.6 Å². The Labute approximate surface area is 243 Å². The molecular formula is C32H42NO5PS. The van der Waals surface area contributed by atoms with Crippen molar-refractivity contribution >= 4 is 30.4 Å². The molecule has 0 amide bonds. The van der Waals surface area contributed by atoms with E-state index in [1.165, 1.54) is 51.4 Å². The summed E-state index contributed by atoms with van der Waals surface area (Å²) in [5.41, 5.74) is 0.985. The Morgan fingerprint density at radius 1 is 0.825 bits per heavy atom. The Bertz CT molecular complexity index is 1280. The van der Waals surface area contributed by atoms with E-state index in [2.05, 4.69) is 17.2 Å². The highest BCUT2D eigenvalue weighted by atomic mass is 32.2. The van der Waals surface area contributed by atoms with Crippen molar-refractivity contribution in [2.45, 2.75) is 77.7 Å². The second-order valence-electron chi connectivity index (χ2n) is 10.3. The fourth-order valence-electron chi connectivity index (χ4n) is 4.85. The molecule has 1 atom stereocenters. The molecule has 0 bridgehead atoms. The van der Waals surface area contributed by atoms with Gasteiger partial charge in [-0.25, -0.2) is 4.57 Å². The largest absolute Gasteiger partial charge is 0.584 e. The van der Waals surface area contributed by atoms with Gasteiger partial charge in [0.25, 0.3) is 0 Å². The summed E-state index contributed by atoms with van der Waals surface area (Å²) in [4.78, 5) is 12.8. The van der Waals surface area contributed by atoms with Crippen LogP contribution in [-0.2, 0) is 11.1 Å². The Kier molecular flexibility index (Phi) is 12.1. The highest BCUT2D eigenvalue weighted by Gasteiger charge is 2.26.